The molecule has 0 saturated heterocycles. The highest BCUT2D eigenvalue weighted by molar-refractivity contribution is 8.00. The van der Waals surface area contributed by atoms with Crippen LogP contribution in [0.5, 0.6) is 0 Å². The fraction of sp³-hybridized carbons (Fsp3) is 0.238. The number of aromatic nitrogens is 2. The number of nitriles is 1. The number of thioether (sulfide) groups is 1. The second kappa shape index (κ2) is 8.64. The second-order valence-corrected chi connectivity index (χ2v) is 9.02. The molecule has 0 aliphatic carbocycles. The van der Waals surface area contributed by atoms with Gasteiger partial charge in [0.1, 0.15) is 4.83 Å². The number of hydrogen-bond donors (Lipinski definition) is 1. The summed E-state index contributed by atoms with van der Waals surface area (Å²) in [6, 6.07) is 8.78. The maximum Gasteiger partial charge on any atom is 0.263 e. The van der Waals surface area contributed by atoms with E-state index in [9.17, 15) is 9.59 Å². The summed E-state index contributed by atoms with van der Waals surface area (Å²) in [5.41, 5.74) is 1.85. The number of anilines is 1. The first-order valence-electron chi connectivity index (χ1n) is 8.94. The summed E-state index contributed by atoms with van der Waals surface area (Å²) < 4.78 is 1.55. The van der Waals surface area contributed by atoms with Crippen molar-refractivity contribution in [3.63, 3.8) is 0 Å². The SMILES string of the molecule is C=CCn1c(SC(C)C(=O)Nc2cccc(C#N)c2)nc2sc(C)c(C)c2c1=O. The molecular formula is C21H20N4O2S2. The summed E-state index contributed by atoms with van der Waals surface area (Å²) in [6.45, 7) is 9.70. The summed E-state index contributed by atoms with van der Waals surface area (Å²) in [4.78, 5) is 32.1. The molecule has 3 rings (SSSR count). The molecule has 1 N–H and O–H groups in total. The van der Waals surface area contributed by atoms with Crippen molar-refractivity contribution in [2.24, 2.45) is 0 Å². The zero-order valence-corrected chi connectivity index (χ0v) is 18.0. The number of nitrogens with zero attached hydrogens (tertiary/aromatic N) is 3. The molecule has 1 amide bonds. The molecule has 0 aliphatic heterocycles. The predicted molar refractivity (Wildman–Crippen MR) is 119 cm³/mol. The number of hydrogen-bond acceptors (Lipinski definition) is 6. The van der Waals surface area contributed by atoms with Gasteiger partial charge < -0.3 is 5.32 Å². The lowest BCUT2D eigenvalue weighted by Crippen LogP contribution is -2.26. The third-order valence-electron chi connectivity index (χ3n) is 4.48. The molecule has 3 aromatic rings. The Kier molecular flexibility index (Phi) is 6.20. The molecule has 1 aromatic carbocycles. The van der Waals surface area contributed by atoms with Gasteiger partial charge in [-0.3, -0.25) is 14.2 Å². The van der Waals surface area contributed by atoms with Crippen LogP contribution in [0.1, 0.15) is 22.9 Å². The average molecular weight is 425 g/mol. The van der Waals surface area contributed by atoms with E-state index in [1.54, 1.807) is 41.8 Å². The molecule has 148 valence electrons. The van der Waals surface area contributed by atoms with Gasteiger partial charge in [-0.2, -0.15) is 5.26 Å². The first-order valence-corrected chi connectivity index (χ1v) is 10.6. The van der Waals surface area contributed by atoms with Gasteiger partial charge in [-0.1, -0.05) is 23.9 Å². The van der Waals surface area contributed by atoms with Gasteiger partial charge in [0.2, 0.25) is 5.91 Å². The fourth-order valence-corrected chi connectivity index (χ4v) is 4.80. The molecule has 0 bridgehead atoms. The van der Waals surface area contributed by atoms with Crippen molar-refractivity contribution >= 4 is 44.9 Å². The van der Waals surface area contributed by atoms with E-state index in [2.05, 4.69) is 16.9 Å². The van der Waals surface area contributed by atoms with Crippen molar-refractivity contribution in [3.8, 4) is 6.07 Å². The lowest BCUT2D eigenvalue weighted by Gasteiger charge is -2.15. The number of nitrogens with one attached hydrogen (secondary N) is 1. The Labute approximate surface area is 176 Å². The van der Waals surface area contributed by atoms with Crippen LogP contribution >= 0.6 is 23.1 Å². The van der Waals surface area contributed by atoms with Gasteiger partial charge >= 0.3 is 0 Å². The van der Waals surface area contributed by atoms with E-state index in [0.29, 0.717) is 33.2 Å². The molecule has 0 spiro atoms. The molecule has 0 radical (unpaired) electrons. The van der Waals surface area contributed by atoms with Gasteiger partial charge in [-0.25, -0.2) is 4.98 Å². The Bertz CT molecular complexity index is 1200. The maximum absolute atomic E-state index is 13.0. The van der Waals surface area contributed by atoms with E-state index in [1.807, 2.05) is 19.9 Å². The van der Waals surface area contributed by atoms with Gasteiger partial charge in [-0.15, -0.1) is 17.9 Å². The molecule has 0 fully saturated rings. The molecule has 6 nitrogen and oxygen atoms in total. The number of aryl methyl sites for hydroxylation is 2. The molecule has 2 heterocycles. The zero-order chi connectivity index (χ0) is 21.1. The summed E-state index contributed by atoms with van der Waals surface area (Å²) in [5.74, 6) is -0.233. The maximum atomic E-state index is 13.0. The number of carbonyl (C=O) groups is 1. The third-order valence-corrected chi connectivity index (χ3v) is 6.67. The largest absolute Gasteiger partial charge is 0.325 e. The Morgan fingerprint density at radius 3 is 2.93 bits per heavy atom. The molecule has 2 aromatic heterocycles. The monoisotopic (exact) mass is 424 g/mol. The summed E-state index contributed by atoms with van der Waals surface area (Å²) in [6.07, 6.45) is 1.64. The van der Waals surface area contributed by atoms with Gasteiger partial charge in [0.25, 0.3) is 5.56 Å². The van der Waals surface area contributed by atoms with Gasteiger partial charge in [0, 0.05) is 17.1 Å². The van der Waals surface area contributed by atoms with Crippen molar-refractivity contribution in [2.75, 3.05) is 5.32 Å². The van der Waals surface area contributed by atoms with Crippen molar-refractivity contribution in [1.29, 1.82) is 5.26 Å². The van der Waals surface area contributed by atoms with Crippen LogP contribution in [0.2, 0.25) is 0 Å². The van der Waals surface area contributed by atoms with Gasteiger partial charge in [0.15, 0.2) is 5.16 Å². The topological polar surface area (TPSA) is 87.8 Å². The average Bonchev–Trinajstić information content (AvgIpc) is 2.98. The van der Waals surface area contributed by atoms with Crippen LogP contribution in [-0.4, -0.2) is 20.7 Å². The lowest BCUT2D eigenvalue weighted by atomic mass is 10.2. The first kappa shape index (κ1) is 20.8. The highest BCUT2D eigenvalue weighted by Crippen LogP contribution is 2.30. The molecule has 8 heteroatoms. The Morgan fingerprint density at radius 2 is 2.24 bits per heavy atom. The van der Waals surface area contributed by atoms with Crippen molar-refractivity contribution in [3.05, 3.63) is 63.3 Å². The van der Waals surface area contributed by atoms with E-state index < -0.39 is 5.25 Å². The predicted octanol–water partition coefficient (Wildman–Crippen LogP) is 4.25. The summed E-state index contributed by atoms with van der Waals surface area (Å²) in [5, 5.41) is 12.4. The Hall–Kier alpha value is -2.89. The number of allylic oxidation sites excluding steroid dienone is 1. The third kappa shape index (κ3) is 4.26. The van der Waals surface area contributed by atoms with Crippen LogP contribution in [0, 0.1) is 25.2 Å². The van der Waals surface area contributed by atoms with Crippen LogP contribution in [-0.2, 0) is 11.3 Å². The molecule has 1 unspecified atom stereocenters. The lowest BCUT2D eigenvalue weighted by molar-refractivity contribution is -0.115. The van der Waals surface area contributed by atoms with E-state index in [4.69, 9.17) is 5.26 Å². The number of fused-ring (bicyclic) bond motifs is 1. The molecule has 0 saturated carbocycles. The second-order valence-electron chi connectivity index (χ2n) is 6.50. The van der Waals surface area contributed by atoms with Crippen LogP contribution in [0.3, 0.4) is 0 Å². The summed E-state index contributed by atoms with van der Waals surface area (Å²) in [7, 11) is 0. The minimum absolute atomic E-state index is 0.117. The van der Waals surface area contributed by atoms with Gasteiger partial charge in [0.05, 0.1) is 22.3 Å². The zero-order valence-electron chi connectivity index (χ0n) is 16.4. The number of amides is 1. The van der Waals surface area contributed by atoms with Crippen molar-refractivity contribution in [1.82, 2.24) is 9.55 Å². The quantitative estimate of drug-likeness (QED) is 0.363. The number of carbonyl (C=O) groups excluding carboxylic acids is 1. The standard InChI is InChI=1S/C21H20N4O2S2/c1-5-9-25-20(27)17-12(2)13(3)28-19(17)24-21(25)29-14(4)18(26)23-16-8-6-7-15(10-16)11-22/h5-8,10,14H,1,9H2,2-4H3,(H,23,26). The smallest absolute Gasteiger partial charge is 0.263 e. The van der Waals surface area contributed by atoms with Crippen molar-refractivity contribution < 1.29 is 4.79 Å². The highest BCUT2D eigenvalue weighted by atomic mass is 32.2. The van der Waals surface area contributed by atoms with Crippen LogP contribution in [0.15, 0.2) is 46.9 Å². The van der Waals surface area contributed by atoms with Crippen LogP contribution in [0.25, 0.3) is 10.2 Å². The minimum Gasteiger partial charge on any atom is -0.325 e. The Morgan fingerprint density at radius 1 is 1.48 bits per heavy atom. The van der Waals surface area contributed by atoms with Crippen LogP contribution < -0.4 is 10.9 Å². The highest BCUT2D eigenvalue weighted by Gasteiger charge is 2.21. The van der Waals surface area contributed by atoms with Gasteiger partial charge in [-0.05, 0) is 44.5 Å². The molecule has 1 atom stereocenters. The molecule has 0 aliphatic rings. The normalized spacial score (nSPS) is 11.8. The number of rotatable bonds is 6. The number of benzene rings is 1. The van der Waals surface area contributed by atoms with E-state index in [-0.39, 0.29) is 11.5 Å². The molecular weight excluding hydrogens is 404 g/mol. The van der Waals surface area contributed by atoms with E-state index in [1.165, 1.54) is 23.1 Å². The molecule has 29 heavy (non-hydrogen) atoms. The minimum atomic E-state index is -0.497. The van der Waals surface area contributed by atoms with Crippen molar-refractivity contribution in [2.45, 2.75) is 37.7 Å². The van der Waals surface area contributed by atoms with E-state index in [0.717, 1.165) is 10.4 Å². The number of thiophene rings is 1. The first-order chi connectivity index (χ1) is 13.8. The summed E-state index contributed by atoms with van der Waals surface area (Å²) >= 11 is 2.71. The Balaban J connectivity index is 1.90. The fourth-order valence-electron chi connectivity index (χ4n) is 2.81. The van der Waals surface area contributed by atoms with E-state index >= 15 is 0 Å². The van der Waals surface area contributed by atoms with Crippen LogP contribution in [0.4, 0.5) is 5.69 Å².